The van der Waals surface area contributed by atoms with Crippen LogP contribution in [0.25, 0.3) is 6.08 Å². The van der Waals surface area contributed by atoms with Crippen LogP contribution in [0.15, 0.2) is 59.0 Å². The number of amides is 1. The minimum Gasteiger partial charge on any atom is -0.490 e. The zero-order valence-corrected chi connectivity index (χ0v) is 23.1. The van der Waals surface area contributed by atoms with Crippen molar-refractivity contribution in [2.75, 3.05) is 37.7 Å². The third-order valence-corrected chi connectivity index (χ3v) is 7.42. The van der Waals surface area contributed by atoms with Crippen molar-refractivity contribution in [3.8, 4) is 23.8 Å². The second kappa shape index (κ2) is 13.3. The summed E-state index contributed by atoms with van der Waals surface area (Å²) in [7, 11) is 0. The summed E-state index contributed by atoms with van der Waals surface area (Å²) in [5, 5.41) is 0.680. The lowest BCUT2D eigenvalue weighted by Crippen LogP contribution is -2.29. The number of rotatable bonds is 10. The quantitative estimate of drug-likeness (QED) is 0.201. The first-order valence-corrected chi connectivity index (χ1v) is 14.0. The van der Waals surface area contributed by atoms with Crippen molar-refractivity contribution in [2.45, 2.75) is 39.5 Å². The molecule has 2 aromatic rings. The second-order valence-electron chi connectivity index (χ2n) is 9.04. The molecule has 0 radical (unpaired) electrons. The van der Waals surface area contributed by atoms with Gasteiger partial charge in [-0.15, -0.1) is 13.0 Å². The Balaban J connectivity index is 1.61. The summed E-state index contributed by atoms with van der Waals surface area (Å²) in [6.45, 7) is 11.1. The average Bonchev–Trinajstić information content (AvgIpc) is 3.22. The number of anilines is 1. The molecule has 1 amide bonds. The number of likely N-dealkylation sites (N-methyl/N-ethyl adjacent to an activating group) is 1. The van der Waals surface area contributed by atoms with E-state index in [0.29, 0.717) is 41.1 Å². The van der Waals surface area contributed by atoms with Crippen LogP contribution in [0.1, 0.15) is 44.2 Å². The van der Waals surface area contributed by atoms with Crippen LogP contribution in [0.5, 0.6) is 11.5 Å². The Hall–Kier alpha value is -3.63. The van der Waals surface area contributed by atoms with Gasteiger partial charge in [0.25, 0.3) is 5.91 Å². The number of hydrogen-bond donors (Lipinski definition) is 0. The summed E-state index contributed by atoms with van der Waals surface area (Å²) < 4.78 is 11.7. The van der Waals surface area contributed by atoms with Crippen molar-refractivity contribution < 1.29 is 14.3 Å². The van der Waals surface area contributed by atoms with Crippen molar-refractivity contribution in [1.29, 1.82) is 0 Å². The Morgan fingerprint density at radius 2 is 1.89 bits per heavy atom. The summed E-state index contributed by atoms with van der Waals surface area (Å²) in [6, 6.07) is 12.2. The van der Waals surface area contributed by atoms with Crippen molar-refractivity contribution in [3.63, 3.8) is 0 Å². The lowest BCUT2D eigenvalue weighted by molar-refractivity contribution is -0.122. The summed E-state index contributed by atoms with van der Waals surface area (Å²) in [5.41, 5.74) is 3.81. The van der Waals surface area contributed by atoms with Gasteiger partial charge in [-0.3, -0.25) is 9.69 Å². The molecular weight excluding hydrogens is 494 g/mol. The number of carbonyl (C=O) groups is 1. The fraction of sp³-hybridized carbons (Fsp3) is 0.355. The molecule has 0 saturated carbocycles. The number of nitrogens with zero attached hydrogens (tertiary/aromatic N) is 3. The summed E-state index contributed by atoms with van der Waals surface area (Å²) >= 11 is 1.39. The predicted molar refractivity (Wildman–Crippen MR) is 158 cm³/mol. The monoisotopic (exact) mass is 529 g/mol. The molecule has 0 atom stereocenters. The van der Waals surface area contributed by atoms with Crippen LogP contribution in [0, 0.1) is 12.3 Å². The van der Waals surface area contributed by atoms with E-state index in [1.54, 1.807) is 11.0 Å². The molecule has 198 valence electrons. The standard InChI is InChI=1S/C31H35N3O3S/c1-5-12-24-20-23(21-27(36-8-4)29(24)37-19-6-2)22-28-30(35)34(7-3)31(38-28)32-25-13-15-26(16-14-25)33-17-10-9-11-18-33/h2,5,13-16,20-22H,1,7-12,17-19H2,3-4H3/b28-22-,32-31?. The van der Waals surface area contributed by atoms with E-state index in [9.17, 15) is 4.79 Å². The third-order valence-electron chi connectivity index (χ3n) is 6.42. The number of amidine groups is 1. The van der Waals surface area contributed by atoms with E-state index < -0.39 is 0 Å². The second-order valence-corrected chi connectivity index (χ2v) is 10.1. The molecule has 7 heteroatoms. The van der Waals surface area contributed by atoms with Crippen molar-refractivity contribution in [2.24, 2.45) is 4.99 Å². The number of carbonyl (C=O) groups excluding carboxylic acids is 1. The fourth-order valence-electron chi connectivity index (χ4n) is 4.64. The highest BCUT2D eigenvalue weighted by Gasteiger charge is 2.32. The van der Waals surface area contributed by atoms with Crippen molar-refractivity contribution >= 4 is 40.3 Å². The number of hydrogen-bond acceptors (Lipinski definition) is 6. The molecule has 2 fully saturated rings. The first-order valence-electron chi connectivity index (χ1n) is 13.2. The normalized spacial score (nSPS) is 17.7. The molecule has 4 rings (SSSR count). The molecule has 0 N–H and O–H groups in total. The number of aliphatic imine (C=N–C) groups is 1. The molecule has 2 aliphatic rings. The molecule has 0 aliphatic carbocycles. The number of piperidine rings is 1. The van der Waals surface area contributed by atoms with Gasteiger partial charge in [-0.1, -0.05) is 12.0 Å². The largest absolute Gasteiger partial charge is 0.490 e. The molecule has 2 saturated heterocycles. The van der Waals surface area contributed by atoms with Crippen LogP contribution < -0.4 is 14.4 Å². The number of benzene rings is 2. The number of ether oxygens (including phenoxy) is 2. The Morgan fingerprint density at radius 3 is 2.55 bits per heavy atom. The first kappa shape index (κ1) is 27.4. The maximum atomic E-state index is 13.3. The number of terminal acetylenes is 1. The van der Waals surface area contributed by atoms with Crippen molar-refractivity contribution in [1.82, 2.24) is 4.90 Å². The van der Waals surface area contributed by atoms with E-state index in [4.69, 9.17) is 20.9 Å². The topological polar surface area (TPSA) is 54.4 Å². The van der Waals surface area contributed by atoms with Crippen LogP contribution in [0.3, 0.4) is 0 Å². The molecule has 0 unspecified atom stereocenters. The van der Waals surface area contributed by atoms with Gasteiger partial charge in [-0.05, 0) is 99.3 Å². The molecule has 0 bridgehead atoms. The van der Waals surface area contributed by atoms with Gasteiger partial charge in [0.1, 0.15) is 6.61 Å². The van der Waals surface area contributed by atoms with E-state index in [0.717, 1.165) is 29.9 Å². The molecular formula is C31H35N3O3S. The zero-order chi connectivity index (χ0) is 26.9. The smallest absolute Gasteiger partial charge is 0.266 e. The summed E-state index contributed by atoms with van der Waals surface area (Å²) in [5.74, 6) is 3.66. The van der Waals surface area contributed by atoms with Crippen LogP contribution in [-0.2, 0) is 11.2 Å². The molecule has 0 aromatic heterocycles. The molecule has 2 heterocycles. The molecule has 2 aliphatic heterocycles. The minimum atomic E-state index is -0.0583. The molecule has 6 nitrogen and oxygen atoms in total. The van der Waals surface area contributed by atoms with Gasteiger partial charge < -0.3 is 14.4 Å². The van der Waals surface area contributed by atoms with Gasteiger partial charge in [0.15, 0.2) is 16.7 Å². The van der Waals surface area contributed by atoms with Gasteiger partial charge in [0.05, 0.1) is 17.2 Å². The van der Waals surface area contributed by atoms with E-state index in [2.05, 4.69) is 29.5 Å². The lowest BCUT2D eigenvalue weighted by atomic mass is 10.0. The van der Waals surface area contributed by atoms with E-state index in [1.165, 1.54) is 36.7 Å². The average molecular weight is 530 g/mol. The van der Waals surface area contributed by atoms with E-state index in [1.807, 2.05) is 44.2 Å². The fourth-order valence-corrected chi connectivity index (χ4v) is 5.70. The lowest BCUT2D eigenvalue weighted by Gasteiger charge is -2.28. The molecule has 38 heavy (non-hydrogen) atoms. The van der Waals surface area contributed by atoms with Gasteiger partial charge in [-0.25, -0.2) is 4.99 Å². The van der Waals surface area contributed by atoms with E-state index in [-0.39, 0.29) is 12.5 Å². The maximum absolute atomic E-state index is 13.3. The van der Waals surface area contributed by atoms with Crippen LogP contribution in [0.2, 0.25) is 0 Å². The zero-order valence-electron chi connectivity index (χ0n) is 22.2. The van der Waals surface area contributed by atoms with Gasteiger partial charge in [-0.2, -0.15) is 0 Å². The predicted octanol–water partition coefficient (Wildman–Crippen LogP) is 6.44. The Bertz CT molecular complexity index is 1250. The van der Waals surface area contributed by atoms with Gasteiger partial charge in [0, 0.05) is 30.9 Å². The minimum absolute atomic E-state index is 0.0583. The van der Waals surface area contributed by atoms with E-state index >= 15 is 0 Å². The van der Waals surface area contributed by atoms with Crippen molar-refractivity contribution in [3.05, 3.63) is 65.1 Å². The highest BCUT2D eigenvalue weighted by Crippen LogP contribution is 2.38. The Kier molecular flexibility index (Phi) is 9.56. The van der Waals surface area contributed by atoms with Crippen LogP contribution in [-0.4, -0.2) is 48.8 Å². The van der Waals surface area contributed by atoms with Crippen LogP contribution >= 0.6 is 11.8 Å². The Labute approximate surface area is 230 Å². The van der Waals surface area contributed by atoms with Gasteiger partial charge in [0.2, 0.25) is 0 Å². The van der Waals surface area contributed by atoms with Gasteiger partial charge >= 0.3 is 0 Å². The number of thioether (sulfide) groups is 1. The highest BCUT2D eigenvalue weighted by molar-refractivity contribution is 8.18. The third kappa shape index (κ3) is 6.43. The summed E-state index contributed by atoms with van der Waals surface area (Å²) in [6.07, 6.45) is 13.5. The highest BCUT2D eigenvalue weighted by atomic mass is 32.2. The van der Waals surface area contributed by atoms with Crippen LogP contribution in [0.4, 0.5) is 11.4 Å². The maximum Gasteiger partial charge on any atom is 0.266 e. The first-order chi connectivity index (χ1) is 18.6. The summed E-state index contributed by atoms with van der Waals surface area (Å²) in [4.78, 5) is 22.9. The molecule has 0 spiro atoms. The number of allylic oxidation sites excluding steroid dienone is 1. The molecule has 2 aromatic carbocycles. The SMILES string of the molecule is C#CCOc1c(CC=C)cc(/C=C2\SC(=Nc3ccc(N4CCCCC4)cc3)N(CC)C2=O)cc1OCC. The Morgan fingerprint density at radius 1 is 1.13 bits per heavy atom.